The minimum Gasteiger partial charge on any atom is -0.393 e. The average Bonchev–Trinajstić information content (AvgIpc) is 2.12. The van der Waals surface area contributed by atoms with E-state index in [1.807, 2.05) is 0 Å². The summed E-state index contributed by atoms with van der Waals surface area (Å²) in [5.74, 6) is 0. The SMILES string of the molecule is C=C(CC(O)CCCCC)C([Si](C)(C)C)[Si](C)(C)C. The van der Waals surface area contributed by atoms with Gasteiger partial charge in [0.2, 0.25) is 0 Å². The maximum absolute atomic E-state index is 10.2. The van der Waals surface area contributed by atoms with E-state index in [9.17, 15) is 5.11 Å². The summed E-state index contributed by atoms with van der Waals surface area (Å²) in [4.78, 5) is 0. The van der Waals surface area contributed by atoms with Gasteiger partial charge in [-0.25, -0.2) is 0 Å². The summed E-state index contributed by atoms with van der Waals surface area (Å²) in [6, 6.07) is 0. The highest BCUT2D eigenvalue weighted by molar-refractivity contribution is 6.97. The Kier molecular flexibility index (Phi) is 7.85. The molecule has 3 heteroatoms. The van der Waals surface area contributed by atoms with Crippen LogP contribution >= 0.6 is 0 Å². The minimum atomic E-state index is -1.24. The molecule has 0 aromatic rings. The van der Waals surface area contributed by atoms with Gasteiger partial charge in [0, 0.05) is 16.1 Å². The Morgan fingerprint density at radius 3 is 1.84 bits per heavy atom. The van der Waals surface area contributed by atoms with Crippen LogP contribution in [0.4, 0.5) is 0 Å². The van der Waals surface area contributed by atoms with Crippen LogP contribution in [0.15, 0.2) is 12.2 Å². The lowest BCUT2D eigenvalue weighted by molar-refractivity contribution is 0.160. The number of rotatable bonds is 9. The van der Waals surface area contributed by atoms with E-state index in [4.69, 9.17) is 0 Å². The van der Waals surface area contributed by atoms with Crippen LogP contribution < -0.4 is 0 Å². The Bertz CT molecular complexity index is 259. The van der Waals surface area contributed by atoms with E-state index in [-0.39, 0.29) is 6.10 Å². The van der Waals surface area contributed by atoms with E-state index in [1.165, 1.54) is 18.4 Å². The lowest BCUT2D eigenvalue weighted by Crippen LogP contribution is -2.45. The number of hydrogen-bond acceptors (Lipinski definition) is 1. The Morgan fingerprint density at radius 2 is 1.47 bits per heavy atom. The molecule has 1 N–H and O–H groups in total. The van der Waals surface area contributed by atoms with E-state index >= 15 is 0 Å². The van der Waals surface area contributed by atoms with Gasteiger partial charge in [-0.1, -0.05) is 71.0 Å². The average molecular weight is 301 g/mol. The van der Waals surface area contributed by atoms with Gasteiger partial charge in [-0.05, 0) is 18.0 Å². The zero-order valence-corrected chi connectivity index (χ0v) is 16.3. The fourth-order valence-corrected chi connectivity index (χ4v) is 16.8. The molecule has 0 aliphatic carbocycles. The second-order valence-corrected chi connectivity index (χ2v) is 19.4. The Hall–Kier alpha value is 0.134. The maximum atomic E-state index is 10.2. The van der Waals surface area contributed by atoms with Crippen LogP contribution in [-0.2, 0) is 0 Å². The van der Waals surface area contributed by atoms with Crippen molar-refractivity contribution >= 4 is 16.1 Å². The molecule has 0 amide bonds. The highest BCUT2D eigenvalue weighted by Crippen LogP contribution is 2.39. The van der Waals surface area contributed by atoms with Crippen molar-refractivity contribution in [2.45, 2.75) is 89.6 Å². The van der Waals surface area contributed by atoms with Gasteiger partial charge in [0.25, 0.3) is 0 Å². The van der Waals surface area contributed by atoms with Gasteiger partial charge in [-0.2, -0.15) is 0 Å². The first-order valence-electron chi connectivity index (χ1n) is 7.85. The van der Waals surface area contributed by atoms with E-state index < -0.39 is 16.1 Å². The van der Waals surface area contributed by atoms with Crippen LogP contribution in [0.3, 0.4) is 0 Å². The van der Waals surface area contributed by atoms with Crippen molar-refractivity contribution < 1.29 is 5.11 Å². The standard InChI is InChI=1S/C16H36OSi2/c1-9-10-11-12-15(17)13-14(2)16(18(3,4)5)19(6,7)8/h15-17H,2,9-13H2,1,3-8H3. The first-order chi connectivity index (χ1) is 8.50. The first kappa shape index (κ1) is 19.1. The van der Waals surface area contributed by atoms with Crippen LogP contribution in [-0.4, -0.2) is 27.4 Å². The molecule has 1 unspecified atom stereocenters. The third-order valence-corrected chi connectivity index (χ3v) is 13.3. The van der Waals surface area contributed by atoms with Crippen molar-refractivity contribution in [2.75, 3.05) is 0 Å². The molecule has 0 heterocycles. The van der Waals surface area contributed by atoms with E-state index in [0.717, 1.165) is 19.3 Å². The molecule has 1 atom stereocenters. The Labute approximate surface area is 123 Å². The lowest BCUT2D eigenvalue weighted by Gasteiger charge is -2.40. The van der Waals surface area contributed by atoms with Crippen LogP contribution in [0.5, 0.6) is 0 Å². The summed E-state index contributed by atoms with van der Waals surface area (Å²) in [7, 11) is -2.48. The van der Waals surface area contributed by atoms with Crippen LogP contribution in [0.25, 0.3) is 0 Å². The van der Waals surface area contributed by atoms with Crippen molar-refractivity contribution in [3.8, 4) is 0 Å². The summed E-state index contributed by atoms with van der Waals surface area (Å²) < 4.78 is 0. The molecule has 114 valence electrons. The highest BCUT2D eigenvalue weighted by atomic mass is 28.4. The van der Waals surface area contributed by atoms with Gasteiger partial charge in [-0.15, -0.1) is 6.58 Å². The molecule has 0 aliphatic heterocycles. The minimum absolute atomic E-state index is 0.172. The van der Waals surface area contributed by atoms with Crippen molar-refractivity contribution in [1.29, 1.82) is 0 Å². The molecule has 0 aromatic heterocycles. The zero-order valence-electron chi connectivity index (χ0n) is 14.3. The number of aliphatic hydroxyl groups is 1. The predicted molar refractivity (Wildman–Crippen MR) is 94.3 cm³/mol. The molecule has 0 spiro atoms. The highest BCUT2D eigenvalue weighted by Gasteiger charge is 2.39. The lowest BCUT2D eigenvalue weighted by atomic mass is 10.0. The fraction of sp³-hybridized carbons (Fsp3) is 0.875. The normalized spacial score (nSPS) is 14.8. The third-order valence-electron chi connectivity index (χ3n) is 3.78. The molecule has 0 saturated heterocycles. The molecule has 0 fully saturated rings. The molecular weight excluding hydrogens is 264 g/mol. The van der Waals surface area contributed by atoms with Crippen LogP contribution in [0.2, 0.25) is 44.4 Å². The quantitative estimate of drug-likeness (QED) is 0.340. The molecule has 0 aromatic carbocycles. The van der Waals surface area contributed by atoms with E-state index in [0.29, 0.717) is 5.16 Å². The third kappa shape index (κ3) is 7.47. The summed E-state index contributed by atoms with van der Waals surface area (Å²) in [6.45, 7) is 21.3. The maximum Gasteiger partial charge on any atom is 0.0577 e. The van der Waals surface area contributed by atoms with Gasteiger partial charge in [-0.3, -0.25) is 0 Å². The van der Waals surface area contributed by atoms with Crippen LogP contribution in [0.1, 0.15) is 39.0 Å². The van der Waals surface area contributed by atoms with Gasteiger partial charge in [0.15, 0.2) is 0 Å². The van der Waals surface area contributed by atoms with Crippen LogP contribution in [0, 0.1) is 0 Å². The number of aliphatic hydroxyl groups excluding tert-OH is 1. The summed E-state index contributed by atoms with van der Waals surface area (Å²) >= 11 is 0. The summed E-state index contributed by atoms with van der Waals surface area (Å²) in [5, 5.41) is 10.9. The molecule has 0 aliphatic rings. The van der Waals surface area contributed by atoms with Gasteiger partial charge >= 0.3 is 0 Å². The Balaban J connectivity index is 4.59. The van der Waals surface area contributed by atoms with Gasteiger partial charge in [0.1, 0.15) is 0 Å². The van der Waals surface area contributed by atoms with Crippen molar-refractivity contribution in [3.63, 3.8) is 0 Å². The summed E-state index contributed by atoms with van der Waals surface area (Å²) in [6.07, 6.45) is 5.19. The fourth-order valence-electron chi connectivity index (χ4n) is 3.68. The first-order valence-corrected chi connectivity index (χ1v) is 15.0. The Morgan fingerprint density at radius 1 is 1.00 bits per heavy atom. The van der Waals surface area contributed by atoms with Gasteiger partial charge in [0.05, 0.1) is 6.10 Å². The predicted octanol–water partition coefficient (Wildman–Crippen LogP) is 5.46. The summed E-state index contributed by atoms with van der Waals surface area (Å²) in [5.41, 5.74) is 1.34. The molecule has 0 saturated carbocycles. The zero-order chi connectivity index (χ0) is 15.3. The van der Waals surface area contributed by atoms with E-state index in [1.54, 1.807) is 0 Å². The van der Waals surface area contributed by atoms with E-state index in [2.05, 4.69) is 52.8 Å². The van der Waals surface area contributed by atoms with Gasteiger partial charge < -0.3 is 5.11 Å². The smallest absolute Gasteiger partial charge is 0.0577 e. The molecular formula is C16H36OSi2. The molecule has 0 bridgehead atoms. The second kappa shape index (κ2) is 7.79. The number of hydrogen-bond donors (Lipinski definition) is 1. The molecule has 19 heavy (non-hydrogen) atoms. The second-order valence-electron chi connectivity index (χ2n) is 8.18. The van der Waals surface area contributed by atoms with Crippen molar-refractivity contribution in [3.05, 3.63) is 12.2 Å². The largest absolute Gasteiger partial charge is 0.393 e. The topological polar surface area (TPSA) is 20.2 Å². The number of unbranched alkanes of at least 4 members (excludes halogenated alkanes) is 2. The van der Waals surface area contributed by atoms with Crippen molar-refractivity contribution in [2.24, 2.45) is 0 Å². The molecule has 0 rings (SSSR count). The monoisotopic (exact) mass is 300 g/mol. The molecule has 0 radical (unpaired) electrons. The molecule has 1 nitrogen and oxygen atoms in total. The van der Waals surface area contributed by atoms with Crippen molar-refractivity contribution in [1.82, 2.24) is 0 Å².